The van der Waals surface area contributed by atoms with Gasteiger partial charge in [-0.25, -0.2) is 4.79 Å². The molecule has 2 aliphatic rings. The average molecular weight is 452 g/mol. The molecule has 10 nitrogen and oxygen atoms in total. The van der Waals surface area contributed by atoms with Gasteiger partial charge in [0, 0.05) is 13.1 Å². The molecule has 0 aromatic heterocycles. The van der Waals surface area contributed by atoms with Crippen LogP contribution in [0.25, 0.3) is 0 Å². The highest BCUT2D eigenvalue weighted by atomic mass is 16.2. The molecule has 2 rings (SSSR count). The van der Waals surface area contributed by atoms with Gasteiger partial charge in [0.2, 0.25) is 17.6 Å². The number of primary amides is 1. The van der Waals surface area contributed by atoms with E-state index in [1.54, 1.807) is 6.92 Å². The number of Topliss-reactive ketones (excluding diaryl/α,β-unsaturated/α-hetero) is 1. The summed E-state index contributed by atoms with van der Waals surface area (Å²) in [4.78, 5) is 63.8. The highest BCUT2D eigenvalue weighted by Gasteiger charge is 2.43. The van der Waals surface area contributed by atoms with Crippen LogP contribution in [0.4, 0.5) is 4.79 Å². The van der Waals surface area contributed by atoms with Crippen molar-refractivity contribution in [1.29, 1.82) is 0 Å². The molecule has 32 heavy (non-hydrogen) atoms. The summed E-state index contributed by atoms with van der Waals surface area (Å²) in [7, 11) is 0. The Kier molecular flexibility index (Phi) is 8.63. The summed E-state index contributed by atoms with van der Waals surface area (Å²) >= 11 is 0. The number of urea groups is 1. The molecule has 0 spiro atoms. The van der Waals surface area contributed by atoms with Crippen molar-refractivity contribution in [1.82, 2.24) is 20.9 Å². The van der Waals surface area contributed by atoms with Crippen LogP contribution in [-0.2, 0) is 19.2 Å². The van der Waals surface area contributed by atoms with Crippen LogP contribution >= 0.6 is 0 Å². The predicted octanol–water partition coefficient (Wildman–Crippen LogP) is 0.441. The van der Waals surface area contributed by atoms with E-state index < -0.39 is 47.2 Å². The van der Waals surface area contributed by atoms with Crippen LogP contribution in [-0.4, -0.2) is 65.7 Å². The minimum absolute atomic E-state index is 0.275. The number of nitrogens with zero attached hydrogens (tertiary/aromatic N) is 1. The Morgan fingerprint density at radius 3 is 2.19 bits per heavy atom. The van der Waals surface area contributed by atoms with E-state index in [4.69, 9.17) is 5.73 Å². The predicted molar refractivity (Wildman–Crippen MR) is 118 cm³/mol. The first-order valence-corrected chi connectivity index (χ1v) is 11.4. The van der Waals surface area contributed by atoms with E-state index in [-0.39, 0.29) is 11.8 Å². The van der Waals surface area contributed by atoms with E-state index in [0.29, 0.717) is 32.4 Å². The first kappa shape index (κ1) is 25.6. The normalized spacial score (nSPS) is 20.6. The van der Waals surface area contributed by atoms with E-state index in [1.165, 1.54) is 4.90 Å². The van der Waals surface area contributed by atoms with Crippen LogP contribution in [0.1, 0.15) is 66.2 Å². The van der Waals surface area contributed by atoms with Crippen LogP contribution in [0, 0.1) is 11.3 Å². The molecule has 3 atom stereocenters. The summed E-state index contributed by atoms with van der Waals surface area (Å²) < 4.78 is 0. The van der Waals surface area contributed by atoms with Gasteiger partial charge in [-0.05, 0) is 37.5 Å². The summed E-state index contributed by atoms with van der Waals surface area (Å²) in [6.07, 6.45) is 4.40. The molecule has 2 fully saturated rings. The van der Waals surface area contributed by atoms with Gasteiger partial charge in [0.1, 0.15) is 12.1 Å². The molecule has 0 aromatic rings. The lowest BCUT2D eigenvalue weighted by Crippen LogP contribution is -2.60. The number of amides is 5. The third-order valence-electron chi connectivity index (χ3n) is 6.23. The molecule has 3 unspecified atom stereocenters. The highest BCUT2D eigenvalue weighted by Crippen LogP contribution is 2.31. The monoisotopic (exact) mass is 451 g/mol. The Bertz CT molecular complexity index is 743. The van der Waals surface area contributed by atoms with Crippen LogP contribution in [0.15, 0.2) is 0 Å². The third kappa shape index (κ3) is 6.43. The van der Waals surface area contributed by atoms with E-state index in [2.05, 4.69) is 16.0 Å². The molecule has 1 saturated carbocycles. The fourth-order valence-electron chi connectivity index (χ4n) is 4.19. The van der Waals surface area contributed by atoms with Crippen LogP contribution in [0.3, 0.4) is 0 Å². The SMILES string of the molecule is CCNC(=O)NC(C(=O)N1CCCC1C(=O)NC(CC1CCC1)C(=O)C(N)=O)C(C)(C)C. The highest BCUT2D eigenvalue weighted by molar-refractivity contribution is 6.37. The van der Waals surface area contributed by atoms with Gasteiger partial charge in [0.15, 0.2) is 0 Å². The zero-order chi connectivity index (χ0) is 24.1. The van der Waals surface area contributed by atoms with Crippen molar-refractivity contribution in [2.24, 2.45) is 17.1 Å². The summed E-state index contributed by atoms with van der Waals surface area (Å²) in [5, 5.41) is 8.03. The van der Waals surface area contributed by atoms with Crippen molar-refractivity contribution in [3.63, 3.8) is 0 Å². The number of ketones is 1. The summed E-state index contributed by atoms with van der Waals surface area (Å²) in [6.45, 7) is 8.09. The van der Waals surface area contributed by atoms with Crippen LogP contribution < -0.4 is 21.7 Å². The second-order valence-electron chi connectivity index (χ2n) is 9.81. The summed E-state index contributed by atoms with van der Waals surface area (Å²) in [5.74, 6) is -2.44. The van der Waals surface area contributed by atoms with Crippen molar-refractivity contribution in [3.05, 3.63) is 0 Å². The number of hydrogen-bond acceptors (Lipinski definition) is 5. The van der Waals surface area contributed by atoms with Crippen LogP contribution in [0.2, 0.25) is 0 Å². The van der Waals surface area contributed by atoms with E-state index in [1.807, 2.05) is 20.8 Å². The van der Waals surface area contributed by atoms with E-state index in [9.17, 15) is 24.0 Å². The molecule has 0 bridgehead atoms. The Morgan fingerprint density at radius 2 is 1.69 bits per heavy atom. The minimum Gasteiger partial charge on any atom is -0.363 e. The maximum Gasteiger partial charge on any atom is 0.315 e. The third-order valence-corrected chi connectivity index (χ3v) is 6.23. The van der Waals surface area contributed by atoms with E-state index in [0.717, 1.165) is 19.3 Å². The second kappa shape index (κ2) is 10.8. The molecule has 1 aliphatic carbocycles. The lowest BCUT2D eigenvalue weighted by molar-refractivity contribution is -0.143. The average Bonchev–Trinajstić information content (AvgIpc) is 3.16. The fourth-order valence-corrected chi connectivity index (χ4v) is 4.19. The van der Waals surface area contributed by atoms with Crippen molar-refractivity contribution < 1.29 is 24.0 Å². The molecule has 1 saturated heterocycles. The first-order chi connectivity index (χ1) is 15.0. The smallest absolute Gasteiger partial charge is 0.315 e. The fraction of sp³-hybridized carbons (Fsp3) is 0.773. The zero-order valence-corrected chi connectivity index (χ0v) is 19.5. The molecule has 10 heteroatoms. The number of carbonyl (C=O) groups excluding carboxylic acids is 5. The maximum atomic E-state index is 13.4. The molecule has 5 N–H and O–H groups in total. The molecule has 180 valence electrons. The lowest BCUT2D eigenvalue weighted by atomic mass is 9.80. The van der Waals surface area contributed by atoms with Crippen molar-refractivity contribution in [3.8, 4) is 0 Å². The second-order valence-corrected chi connectivity index (χ2v) is 9.81. The maximum absolute atomic E-state index is 13.4. The topological polar surface area (TPSA) is 151 Å². The molecular weight excluding hydrogens is 414 g/mol. The number of hydrogen-bond donors (Lipinski definition) is 4. The molecule has 0 radical (unpaired) electrons. The van der Waals surface area contributed by atoms with Gasteiger partial charge >= 0.3 is 6.03 Å². The Balaban J connectivity index is 2.14. The van der Waals surface area contributed by atoms with Gasteiger partial charge in [-0.3, -0.25) is 19.2 Å². The zero-order valence-electron chi connectivity index (χ0n) is 19.5. The number of likely N-dealkylation sites (tertiary alicyclic amines) is 1. The van der Waals surface area contributed by atoms with Crippen molar-refractivity contribution in [2.45, 2.75) is 84.3 Å². The standard InChI is InChI=1S/C22H37N5O5/c1-5-24-21(32)26-17(22(2,3)4)20(31)27-11-7-10-15(27)19(30)25-14(16(28)18(23)29)12-13-8-6-9-13/h13-15,17H,5-12H2,1-4H3,(H2,23,29)(H,25,30)(H2,24,26,32). The lowest BCUT2D eigenvalue weighted by Gasteiger charge is -2.36. The largest absolute Gasteiger partial charge is 0.363 e. The number of nitrogens with one attached hydrogen (secondary N) is 3. The number of carbonyl (C=O) groups is 5. The van der Waals surface area contributed by atoms with Crippen molar-refractivity contribution in [2.75, 3.05) is 13.1 Å². The summed E-state index contributed by atoms with van der Waals surface area (Å²) in [5.41, 5.74) is 4.60. The van der Waals surface area contributed by atoms with Gasteiger partial charge < -0.3 is 26.6 Å². The quantitative estimate of drug-likeness (QED) is 0.375. The molecule has 1 aliphatic heterocycles. The van der Waals surface area contributed by atoms with Gasteiger partial charge in [-0.2, -0.15) is 0 Å². The number of rotatable bonds is 9. The van der Waals surface area contributed by atoms with Gasteiger partial charge in [-0.1, -0.05) is 40.0 Å². The van der Waals surface area contributed by atoms with Crippen LogP contribution in [0.5, 0.6) is 0 Å². The molecule has 1 heterocycles. The molecular formula is C22H37N5O5. The Labute approximate surface area is 189 Å². The van der Waals surface area contributed by atoms with Crippen molar-refractivity contribution >= 4 is 29.5 Å². The van der Waals surface area contributed by atoms with Gasteiger partial charge in [-0.15, -0.1) is 0 Å². The summed E-state index contributed by atoms with van der Waals surface area (Å²) in [6, 6.07) is -3.03. The minimum atomic E-state index is -1.08. The molecule has 5 amide bonds. The van der Waals surface area contributed by atoms with Gasteiger partial charge in [0.25, 0.3) is 5.91 Å². The van der Waals surface area contributed by atoms with Gasteiger partial charge in [0.05, 0.1) is 6.04 Å². The first-order valence-electron chi connectivity index (χ1n) is 11.4. The Hall–Kier alpha value is -2.65. The van der Waals surface area contributed by atoms with E-state index >= 15 is 0 Å². The molecule has 0 aromatic carbocycles. The Morgan fingerprint density at radius 1 is 1.03 bits per heavy atom. The number of nitrogens with two attached hydrogens (primary N) is 1.